The molecule has 25 heavy (non-hydrogen) atoms. The van der Waals surface area contributed by atoms with Gasteiger partial charge in [-0.05, 0) is 74.0 Å². The lowest BCUT2D eigenvalue weighted by atomic mass is 9.77. The summed E-state index contributed by atoms with van der Waals surface area (Å²) in [4.78, 5) is 4.73. The molecule has 2 heteroatoms. The van der Waals surface area contributed by atoms with Gasteiger partial charge in [-0.3, -0.25) is 0 Å². The molecule has 1 aromatic rings. The normalized spacial score (nSPS) is 26.4. The summed E-state index contributed by atoms with van der Waals surface area (Å²) in [6, 6.07) is 9.31. The minimum atomic E-state index is 0.311. The second-order valence-electron chi connectivity index (χ2n) is 8.12. The van der Waals surface area contributed by atoms with Crippen LogP contribution in [0.25, 0.3) is 0 Å². The maximum atomic E-state index is 5.80. The van der Waals surface area contributed by atoms with Crippen LogP contribution in [0.3, 0.4) is 0 Å². The van der Waals surface area contributed by atoms with Crippen molar-refractivity contribution in [3.05, 3.63) is 48.0 Å². The molecule has 1 heterocycles. The van der Waals surface area contributed by atoms with E-state index in [1.807, 2.05) is 0 Å². The third-order valence-electron chi connectivity index (χ3n) is 5.94. The molecule has 0 amide bonds. The van der Waals surface area contributed by atoms with E-state index in [0.29, 0.717) is 12.0 Å². The molecule has 0 aromatic heterocycles. The smallest absolute Gasteiger partial charge is 0.216 e. The molecule has 0 radical (unpaired) electrons. The van der Waals surface area contributed by atoms with Crippen molar-refractivity contribution < 1.29 is 4.74 Å². The van der Waals surface area contributed by atoms with Crippen LogP contribution in [0.15, 0.2) is 41.9 Å². The van der Waals surface area contributed by atoms with Crippen molar-refractivity contribution in [3.8, 4) is 0 Å². The van der Waals surface area contributed by atoms with Gasteiger partial charge < -0.3 is 4.74 Å². The summed E-state index contributed by atoms with van der Waals surface area (Å²) in [6.45, 7) is 8.96. The van der Waals surface area contributed by atoms with Gasteiger partial charge in [0.1, 0.15) is 6.61 Å². The Balaban J connectivity index is 1.53. The lowest BCUT2D eigenvalue weighted by molar-refractivity contribution is 0.292. The van der Waals surface area contributed by atoms with E-state index < -0.39 is 0 Å². The molecular formula is C23H33NO. The predicted octanol–water partition coefficient (Wildman–Crippen LogP) is 6.12. The summed E-state index contributed by atoms with van der Waals surface area (Å²) in [6.07, 6.45) is 11.4. The number of aliphatic imine (C=N–C) groups is 1. The molecular weight excluding hydrogens is 306 g/mol. The summed E-state index contributed by atoms with van der Waals surface area (Å²) >= 11 is 0. The predicted molar refractivity (Wildman–Crippen MR) is 106 cm³/mol. The fraction of sp³-hybridized carbons (Fsp3) is 0.609. The second-order valence-corrected chi connectivity index (χ2v) is 8.12. The third-order valence-corrected chi connectivity index (χ3v) is 5.94. The van der Waals surface area contributed by atoms with Gasteiger partial charge >= 0.3 is 0 Å². The van der Waals surface area contributed by atoms with Crippen molar-refractivity contribution in [1.29, 1.82) is 0 Å². The average Bonchev–Trinajstić information content (AvgIpc) is 3.13. The minimum absolute atomic E-state index is 0.311. The standard InChI is InChI=1S/C23H33NO/c1-4-5-6-7-18-8-10-19(11-9-18)20-12-14-21(15-13-20)23-24-22(16-25-23)17(2)3/h4,12-15,17-19,22H,1,5-11,16H2,2-3H3/t18?,19?,22-/m1/s1. The van der Waals surface area contributed by atoms with Crippen LogP contribution in [0.1, 0.15) is 75.8 Å². The summed E-state index contributed by atoms with van der Waals surface area (Å²) in [5, 5.41) is 0. The van der Waals surface area contributed by atoms with Crippen LogP contribution in [0.5, 0.6) is 0 Å². The number of nitrogens with zero attached hydrogens (tertiary/aromatic N) is 1. The van der Waals surface area contributed by atoms with Gasteiger partial charge in [-0.25, -0.2) is 4.99 Å². The van der Waals surface area contributed by atoms with E-state index in [1.165, 1.54) is 50.5 Å². The van der Waals surface area contributed by atoms with Crippen molar-refractivity contribution in [3.63, 3.8) is 0 Å². The molecule has 0 unspecified atom stereocenters. The first-order valence-electron chi connectivity index (χ1n) is 10.1. The number of hydrogen-bond acceptors (Lipinski definition) is 2. The Bertz CT molecular complexity index is 579. The zero-order chi connectivity index (χ0) is 17.6. The first-order chi connectivity index (χ1) is 12.2. The number of unbranched alkanes of at least 4 members (excludes halogenated alkanes) is 1. The van der Waals surface area contributed by atoms with E-state index in [1.54, 1.807) is 0 Å². The van der Waals surface area contributed by atoms with Crippen LogP contribution in [-0.2, 0) is 4.74 Å². The second kappa shape index (κ2) is 8.69. The Hall–Kier alpha value is -1.57. The quantitative estimate of drug-likeness (QED) is 0.433. The number of allylic oxidation sites excluding steroid dienone is 1. The molecule has 1 aliphatic heterocycles. The first-order valence-corrected chi connectivity index (χ1v) is 10.1. The topological polar surface area (TPSA) is 21.6 Å². The van der Waals surface area contributed by atoms with Crippen LogP contribution in [0.4, 0.5) is 0 Å². The third kappa shape index (κ3) is 4.74. The monoisotopic (exact) mass is 339 g/mol. The number of ether oxygens (including phenoxy) is 1. The minimum Gasteiger partial charge on any atom is -0.475 e. The molecule has 1 fully saturated rings. The van der Waals surface area contributed by atoms with Crippen molar-refractivity contribution in [2.75, 3.05) is 6.61 Å². The highest BCUT2D eigenvalue weighted by Gasteiger charge is 2.24. The Morgan fingerprint density at radius 2 is 1.88 bits per heavy atom. The molecule has 2 aliphatic rings. The molecule has 1 saturated carbocycles. The maximum Gasteiger partial charge on any atom is 0.216 e. The molecule has 1 aliphatic carbocycles. The molecule has 136 valence electrons. The molecule has 0 spiro atoms. The summed E-state index contributed by atoms with van der Waals surface area (Å²) in [5.41, 5.74) is 2.62. The van der Waals surface area contributed by atoms with Crippen molar-refractivity contribution in [2.45, 2.75) is 70.8 Å². The maximum absolute atomic E-state index is 5.80. The van der Waals surface area contributed by atoms with Gasteiger partial charge in [-0.15, -0.1) is 6.58 Å². The van der Waals surface area contributed by atoms with E-state index >= 15 is 0 Å². The van der Waals surface area contributed by atoms with E-state index in [9.17, 15) is 0 Å². The van der Waals surface area contributed by atoms with Gasteiger partial charge in [0.05, 0.1) is 6.04 Å². The summed E-state index contributed by atoms with van der Waals surface area (Å²) in [5.74, 6) is 3.04. The SMILES string of the molecule is C=CCCCC1CCC(c2ccc(C3=N[C@@H](C(C)C)CO3)cc2)CC1. The Kier molecular flexibility index (Phi) is 6.34. The van der Waals surface area contributed by atoms with Crippen molar-refractivity contribution in [2.24, 2.45) is 16.8 Å². The molecule has 1 atom stereocenters. The van der Waals surface area contributed by atoms with Crippen LogP contribution in [0.2, 0.25) is 0 Å². The number of benzene rings is 1. The largest absolute Gasteiger partial charge is 0.475 e. The highest BCUT2D eigenvalue weighted by molar-refractivity contribution is 5.95. The fourth-order valence-electron chi connectivity index (χ4n) is 4.12. The van der Waals surface area contributed by atoms with Crippen LogP contribution < -0.4 is 0 Å². The summed E-state index contributed by atoms with van der Waals surface area (Å²) in [7, 11) is 0. The molecule has 0 bridgehead atoms. The highest BCUT2D eigenvalue weighted by Crippen LogP contribution is 2.37. The molecule has 0 N–H and O–H groups in total. The fourth-order valence-corrected chi connectivity index (χ4v) is 4.12. The highest BCUT2D eigenvalue weighted by atomic mass is 16.5. The zero-order valence-corrected chi connectivity index (χ0v) is 15.9. The van der Waals surface area contributed by atoms with E-state index in [4.69, 9.17) is 9.73 Å². The lowest BCUT2D eigenvalue weighted by Crippen LogP contribution is -2.13. The molecule has 3 rings (SSSR count). The molecule has 0 saturated heterocycles. The van der Waals surface area contributed by atoms with E-state index in [-0.39, 0.29) is 0 Å². The van der Waals surface area contributed by atoms with Gasteiger partial charge in [0.15, 0.2) is 0 Å². The Labute approximate surface area is 153 Å². The lowest BCUT2D eigenvalue weighted by Gasteiger charge is -2.29. The summed E-state index contributed by atoms with van der Waals surface area (Å²) < 4.78 is 5.80. The van der Waals surface area contributed by atoms with Crippen molar-refractivity contribution >= 4 is 5.90 Å². The number of rotatable bonds is 7. The zero-order valence-electron chi connectivity index (χ0n) is 15.9. The van der Waals surface area contributed by atoms with Gasteiger partial charge in [-0.2, -0.15) is 0 Å². The van der Waals surface area contributed by atoms with E-state index in [2.05, 4.69) is 50.8 Å². The first kappa shape index (κ1) is 18.2. The van der Waals surface area contributed by atoms with Crippen LogP contribution in [0, 0.1) is 11.8 Å². The van der Waals surface area contributed by atoms with Gasteiger partial charge in [0.25, 0.3) is 0 Å². The molecule has 1 aromatic carbocycles. The Morgan fingerprint density at radius 1 is 1.16 bits per heavy atom. The number of hydrogen-bond donors (Lipinski definition) is 0. The van der Waals surface area contributed by atoms with E-state index in [0.717, 1.165) is 29.9 Å². The van der Waals surface area contributed by atoms with Gasteiger partial charge in [0.2, 0.25) is 5.90 Å². The van der Waals surface area contributed by atoms with Crippen molar-refractivity contribution in [1.82, 2.24) is 0 Å². The van der Waals surface area contributed by atoms with Gasteiger partial charge in [0, 0.05) is 5.56 Å². The Morgan fingerprint density at radius 3 is 2.48 bits per heavy atom. The van der Waals surface area contributed by atoms with Crippen LogP contribution >= 0.6 is 0 Å². The average molecular weight is 340 g/mol. The van der Waals surface area contributed by atoms with Crippen LogP contribution in [-0.4, -0.2) is 18.5 Å². The molecule has 2 nitrogen and oxygen atoms in total. The van der Waals surface area contributed by atoms with Gasteiger partial charge in [-0.1, -0.05) is 38.5 Å².